The highest BCUT2D eigenvalue weighted by Gasteiger charge is 2.26. The van der Waals surface area contributed by atoms with E-state index in [1.165, 1.54) is 5.56 Å². The van der Waals surface area contributed by atoms with Crippen LogP contribution in [0.2, 0.25) is 0 Å². The minimum atomic E-state index is -0.143. The molecule has 1 aliphatic heterocycles. The van der Waals surface area contributed by atoms with Crippen LogP contribution < -0.4 is 10.2 Å². The summed E-state index contributed by atoms with van der Waals surface area (Å²) in [4.78, 5) is 29.4. The fourth-order valence-corrected chi connectivity index (χ4v) is 4.11. The van der Waals surface area contributed by atoms with Gasteiger partial charge in [-0.15, -0.1) is 0 Å². The third kappa shape index (κ3) is 5.43. The van der Waals surface area contributed by atoms with Gasteiger partial charge in [0.05, 0.1) is 0 Å². The van der Waals surface area contributed by atoms with E-state index in [4.69, 9.17) is 0 Å². The van der Waals surface area contributed by atoms with Crippen molar-refractivity contribution in [1.29, 1.82) is 0 Å². The number of carbonyl (C=O) groups is 2. The maximum atomic E-state index is 13.2. The van der Waals surface area contributed by atoms with Crippen LogP contribution in [0.5, 0.6) is 0 Å². The van der Waals surface area contributed by atoms with Gasteiger partial charge in [0.2, 0.25) is 0 Å². The molecule has 0 saturated carbocycles. The summed E-state index contributed by atoms with van der Waals surface area (Å²) in [6.45, 7) is 8.38. The molecule has 33 heavy (non-hydrogen) atoms. The number of urea groups is 1. The van der Waals surface area contributed by atoms with Crippen LogP contribution in [0.25, 0.3) is 0 Å². The third-order valence-corrected chi connectivity index (χ3v) is 6.05. The molecular formula is C28H31N3O2. The highest BCUT2D eigenvalue weighted by Crippen LogP contribution is 2.24. The molecule has 5 heteroatoms. The molecule has 3 amide bonds. The number of benzene rings is 3. The molecule has 1 aliphatic rings. The number of hydrogen-bond donors (Lipinski definition) is 1. The molecule has 5 nitrogen and oxygen atoms in total. The van der Waals surface area contributed by atoms with Crippen LogP contribution in [0.15, 0.2) is 72.8 Å². The zero-order valence-electron chi connectivity index (χ0n) is 19.5. The number of anilines is 2. The zero-order valence-corrected chi connectivity index (χ0v) is 19.5. The summed E-state index contributed by atoms with van der Waals surface area (Å²) in [6.07, 6.45) is 0.918. The fraction of sp³-hybridized carbons (Fsp3) is 0.286. The summed E-state index contributed by atoms with van der Waals surface area (Å²) in [5, 5.41) is 2.93. The number of carbonyl (C=O) groups excluding carboxylic acids is 2. The average molecular weight is 442 g/mol. The molecule has 0 aliphatic carbocycles. The van der Waals surface area contributed by atoms with E-state index in [0.29, 0.717) is 30.3 Å². The van der Waals surface area contributed by atoms with E-state index in [-0.39, 0.29) is 11.9 Å². The third-order valence-electron chi connectivity index (χ3n) is 6.05. The second kappa shape index (κ2) is 9.90. The van der Waals surface area contributed by atoms with Gasteiger partial charge in [-0.1, -0.05) is 55.8 Å². The Morgan fingerprint density at radius 2 is 1.70 bits per heavy atom. The Hall–Kier alpha value is -3.60. The van der Waals surface area contributed by atoms with E-state index in [0.717, 1.165) is 29.8 Å². The number of amides is 3. The molecular weight excluding hydrogens is 410 g/mol. The first-order valence-corrected chi connectivity index (χ1v) is 11.5. The van der Waals surface area contributed by atoms with Gasteiger partial charge in [-0.2, -0.15) is 0 Å². The van der Waals surface area contributed by atoms with Gasteiger partial charge in [0.25, 0.3) is 5.91 Å². The Morgan fingerprint density at radius 3 is 2.36 bits per heavy atom. The van der Waals surface area contributed by atoms with E-state index >= 15 is 0 Å². The van der Waals surface area contributed by atoms with Crippen molar-refractivity contribution in [3.63, 3.8) is 0 Å². The van der Waals surface area contributed by atoms with Gasteiger partial charge < -0.3 is 10.2 Å². The van der Waals surface area contributed by atoms with Crippen molar-refractivity contribution in [1.82, 2.24) is 4.90 Å². The molecule has 3 aromatic rings. The van der Waals surface area contributed by atoms with Crippen LogP contribution in [-0.2, 0) is 6.54 Å². The highest BCUT2D eigenvalue weighted by molar-refractivity contribution is 6.04. The van der Waals surface area contributed by atoms with Gasteiger partial charge in [0.1, 0.15) is 0 Å². The standard InChI is InChI=1S/C28H31N3O2/c1-20(2)23-10-8-22(9-11-23)19-30-16-5-17-31(28(30)33)26-14-12-25(13-15-26)29-27(32)24-7-4-6-21(3)18-24/h4,6-15,18,20H,5,16-17,19H2,1-3H3,(H,29,32). The molecule has 1 heterocycles. The van der Waals surface area contributed by atoms with Crippen LogP contribution in [-0.4, -0.2) is 29.9 Å². The quantitative estimate of drug-likeness (QED) is 0.495. The molecule has 1 saturated heterocycles. The predicted octanol–water partition coefficient (Wildman–Crippen LogP) is 6.20. The summed E-state index contributed by atoms with van der Waals surface area (Å²) < 4.78 is 0. The first-order chi connectivity index (χ1) is 15.9. The summed E-state index contributed by atoms with van der Waals surface area (Å²) in [5.74, 6) is 0.353. The maximum Gasteiger partial charge on any atom is 0.324 e. The van der Waals surface area contributed by atoms with Crippen molar-refractivity contribution < 1.29 is 9.59 Å². The van der Waals surface area contributed by atoms with Gasteiger partial charge >= 0.3 is 6.03 Å². The molecule has 170 valence electrons. The van der Waals surface area contributed by atoms with Gasteiger partial charge in [0.15, 0.2) is 0 Å². The fourth-order valence-electron chi connectivity index (χ4n) is 4.11. The summed E-state index contributed by atoms with van der Waals surface area (Å²) in [6, 6.07) is 23.5. The van der Waals surface area contributed by atoms with E-state index in [1.54, 1.807) is 6.07 Å². The van der Waals surface area contributed by atoms with Gasteiger partial charge in [-0.25, -0.2) is 4.79 Å². The van der Waals surface area contributed by atoms with Crippen molar-refractivity contribution in [3.05, 3.63) is 95.1 Å². The predicted molar refractivity (Wildman–Crippen MR) is 134 cm³/mol. The van der Waals surface area contributed by atoms with Crippen LogP contribution >= 0.6 is 0 Å². The normalized spacial score (nSPS) is 14.0. The molecule has 0 unspecified atom stereocenters. The largest absolute Gasteiger partial charge is 0.324 e. The van der Waals surface area contributed by atoms with Gasteiger partial charge in [-0.3, -0.25) is 9.69 Å². The van der Waals surface area contributed by atoms with E-state index in [9.17, 15) is 9.59 Å². The smallest absolute Gasteiger partial charge is 0.322 e. The Bertz CT molecular complexity index is 1120. The SMILES string of the molecule is Cc1cccc(C(=O)Nc2ccc(N3CCCN(Cc4ccc(C(C)C)cc4)C3=O)cc2)c1. The topological polar surface area (TPSA) is 52.7 Å². The Kier molecular flexibility index (Phi) is 6.78. The van der Waals surface area contributed by atoms with Crippen molar-refractivity contribution in [2.45, 2.75) is 39.7 Å². The monoisotopic (exact) mass is 441 g/mol. The molecule has 3 aromatic carbocycles. The van der Waals surface area contributed by atoms with E-state index in [2.05, 4.69) is 43.4 Å². The van der Waals surface area contributed by atoms with Crippen LogP contribution in [0.1, 0.15) is 53.2 Å². The van der Waals surface area contributed by atoms with Crippen molar-refractivity contribution in [2.75, 3.05) is 23.3 Å². The van der Waals surface area contributed by atoms with Crippen LogP contribution in [0.3, 0.4) is 0 Å². The summed E-state index contributed by atoms with van der Waals surface area (Å²) >= 11 is 0. The molecule has 0 bridgehead atoms. The summed E-state index contributed by atoms with van der Waals surface area (Å²) in [5.41, 5.74) is 5.67. The minimum absolute atomic E-state index is 0.0192. The number of hydrogen-bond acceptors (Lipinski definition) is 2. The van der Waals surface area contributed by atoms with Crippen LogP contribution in [0.4, 0.5) is 16.2 Å². The molecule has 0 atom stereocenters. The summed E-state index contributed by atoms with van der Waals surface area (Å²) in [7, 11) is 0. The van der Waals surface area contributed by atoms with E-state index < -0.39 is 0 Å². The zero-order chi connectivity index (χ0) is 23.4. The highest BCUT2D eigenvalue weighted by atomic mass is 16.2. The maximum absolute atomic E-state index is 13.2. The van der Waals surface area contributed by atoms with Gasteiger partial charge in [-0.05, 0) is 66.8 Å². The molecule has 0 spiro atoms. The Labute approximate surface area is 196 Å². The number of nitrogens with one attached hydrogen (secondary N) is 1. The van der Waals surface area contributed by atoms with Crippen molar-refractivity contribution in [3.8, 4) is 0 Å². The second-order valence-electron chi connectivity index (χ2n) is 8.98. The number of aryl methyl sites for hydroxylation is 1. The van der Waals surface area contributed by atoms with E-state index in [1.807, 2.05) is 59.2 Å². The minimum Gasteiger partial charge on any atom is -0.322 e. The molecule has 1 N–H and O–H groups in total. The molecule has 4 rings (SSSR count). The van der Waals surface area contributed by atoms with Crippen molar-refractivity contribution >= 4 is 23.3 Å². The Balaban J connectivity index is 1.40. The van der Waals surface area contributed by atoms with Gasteiger partial charge in [0, 0.05) is 36.6 Å². The first-order valence-electron chi connectivity index (χ1n) is 11.5. The second-order valence-corrected chi connectivity index (χ2v) is 8.98. The van der Waals surface area contributed by atoms with Crippen LogP contribution in [0, 0.1) is 6.92 Å². The lowest BCUT2D eigenvalue weighted by molar-refractivity contribution is 0.102. The van der Waals surface area contributed by atoms with Crippen molar-refractivity contribution in [2.24, 2.45) is 0 Å². The molecule has 0 radical (unpaired) electrons. The number of nitrogens with zero attached hydrogens (tertiary/aromatic N) is 2. The number of rotatable bonds is 6. The molecule has 1 fully saturated rings. The average Bonchev–Trinajstić information content (AvgIpc) is 2.81. The lowest BCUT2D eigenvalue weighted by Crippen LogP contribution is -2.49. The first kappa shape index (κ1) is 22.6. The molecule has 0 aromatic heterocycles. The Morgan fingerprint density at radius 1 is 0.970 bits per heavy atom. The lowest BCUT2D eigenvalue weighted by Gasteiger charge is -2.35. The lowest BCUT2D eigenvalue weighted by atomic mass is 10.0.